The minimum Gasteiger partial charge on any atom is -0.357 e. The van der Waals surface area contributed by atoms with E-state index in [0.29, 0.717) is 13.1 Å². The number of guanidine groups is 1. The first-order chi connectivity index (χ1) is 12.7. The lowest BCUT2D eigenvalue weighted by Crippen LogP contribution is -2.55. The number of rotatable bonds is 5. The van der Waals surface area contributed by atoms with Gasteiger partial charge in [-0.15, -0.1) is 24.0 Å². The van der Waals surface area contributed by atoms with Crippen molar-refractivity contribution in [3.63, 3.8) is 0 Å². The number of aromatic nitrogens is 2. The summed E-state index contributed by atoms with van der Waals surface area (Å²) in [5.41, 5.74) is 0.872. The van der Waals surface area contributed by atoms with Gasteiger partial charge in [0.25, 0.3) is 0 Å². The average molecular weight is 488 g/mol. The van der Waals surface area contributed by atoms with Crippen LogP contribution in [0.3, 0.4) is 0 Å². The van der Waals surface area contributed by atoms with Gasteiger partial charge in [0.1, 0.15) is 6.54 Å². The van der Waals surface area contributed by atoms with Gasteiger partial charge >= 0.3 is 0 Å². The Morgan fingerprint density at radius 1 is 1.30 bits per heavy atom. The molecule has 0 aromatic carbocycles. The molecule has 1 saturated carbocycles. The Morgan fingerprint density at radius 2 is 2.07 bits per heavy atom. The van der Waals surface area contributed by atoms with Gasteiger partial charge in [-0.2, -0.15) is 5.10 Å². The molecular weight excluding hydrogens is 455 g/mol. The zero-order valence-electron chi connectivity index (χ0n) is 16.6. The summed E-state index contributed by atoms with van der Waals surface area (Å²) in [6.07, 6.45) is 11.7. The molecule has 7 nitrogen and oxygen atoms in total. The highest BCUT2D eigenvalue weighted by molar-refractivity contribution is 14.0. The van der Waals surface area contributed by atoms with E-state index in [1.54, 1.807) is 10.9 Å². The van der Waals surface area contributed by atoms with Crippen LogP contribution in [0.1, 0.15) is 45.4 Å². The first-order valence-corrected chi connectivity index (χ1v) is 9.99. The van der Waals surface area contributed by atoms with Crippen LogP contribution < -0.4 is 10.2 Å². The highest BCUT2D eigenvalue weighted by Gasteiger charge is 2.27. The van der Waals surface area contributed by atoms with E-state index in [1.165, 1.54) is 38.5 Å². The Hall–Kier alpha value is -1.32. The molecule has 27 heavy (non-hydrogen) atoms. The second kappa shape index (κ2) is 10.9. The molecule has 2 aliphatic rings. The van der Waals surface area contributed by atoms with Crippen molar-refractivity contribution in [2.45, 2.75) is 45.4 Å². The Balaban J connectivity index is 0.00000261. The van der Waals surface area contributed by atoms with Crippen LogP contribution in [0.4, 0.5) is 5.69 Å². The molecule has 1 N–H and O–H groups in total. The predicted octanol–water partition coefficient (Wildman–Crippen LogP) is 2.62. The molecule has 2 fully saturated rings. The quantitative estimate of drug-likeness (QED) is 0.393. The number of amides is 1. The number of hydrogen-bond donors (Lipinski definition) is 1. The SMILES string of the molecule is CCNC(=NCCC1CCCCC1)N1CCN(c2cnn(C)c2)C(=O)C1.I. The molecule has 1 aromatic heterocycles. The molecule has 2 heterocycles. The zero-order valence-corrected chi connectivity index (χ0v) is 18.9. The van der Waals surface area contributed by atoms with Crippen LogP contribution in [0.5, 0.6) is 0 Å². The van der Waals surface area contributed by atoms with E-state index < -0.39 is 0 Å². The Morgan fingerprint density at radius 3 is 2.70 bits per heavy atom. The Labute approximate surface area is 179 Å². The summed E-state index contributed by atoms with van der Waals surface area (Å²) in [5, 5.41) is 7.53. The second-order valence-corrected chi connectivity index (χ2v) is 7.37. The molecule has 0 unspecified atom stereocenters. The van der Waals surface area contributed by atoms with Gasteiger partial charge in [0.05, 0.1) is 11.9 Å². The molecule has 1 aliphatic carbocycles. The number of carbonyl (C=O) groups is 1. The maximum atomic E-state index is 12.6. The largest absolute Gasteiger partial charge is 0.357 e. The molecule has 1 aliphatic heterocycles. The van der Waals surface area contributed by atoms with E-state index in [0.717, 1.165) is 37.2 Å². The molecule has 1 amide bonds. The Kier molecular flexibility index (Phi) is 8.85. The van der Waals surface area contributed by atoms with E-state index in [9.17, 15) is 4.79 Å². The number of piperazine rings is 1. The minimum atomic E-state index is 0. The fourth-order valence-corrected chi connectivity index (χ4v) is 3.93. The van der Waals surface area contributed by atoms with Crippen molar-refractivity contribution >= 4 is 41.5 Å². The van der Waals surface area contributed by atoms with E-state index >= 15 is 0 Å². The molecular formula is C19H33IN6O. The number of nitrogens with zero attached hydrogens (tertiary/aromatic N) is 5. The van der Waals surface area contributed by atoms with Crippen molar-refractivity contribution in [2.75, 3.05) is 37.6 Å². The predicted molar refractivity (Wildman–Crippen MR) is 120 cm³/mol. The van der Waals surface area contributed by atoms with Crippen molar-refractivity contribution in [1.82, 2.24) is 20.0 Å². The van der Waals surface area contributed by atoms with Crippen molar-refractivity contribution in [3.8, 4) is 0 Å². The van der Waals surface area contributed by atoms with Gasteiger partial charge in [0.15, 0.2) is 5.96 Å². The van der Waals surface area contributed by atoms with E-state index in [-0.39, 0.29) is 29.9 Å². The summed E-state index contributed by atoms with van der Waals surface area (Å²) in [6.45, 7) is 5.56. The molecule has 0 radical (unpaired) electrons. The summed E-state index contributed by atoms with van der Waals surface area (Å²) >= 11 is 0. The first-order valence-electron chi connectivity index (χ1n) is 9.99. The maximum Gasteiger partial charge on any atom is 0.246 e. The lowest BCUT2D eigenvalue weighted by molar-refractivity contribution is -0.120. The topological polar surface area (TPSA) is 65.8 Å². The highest BCUT2D eigenvalue weighted by atomic mass is 127. The monoisotopic (exact) mass is 488 g/mol. The standard InChI is InChI=1S/C19H32N6O.HI/c1-3-20-19(21-10-9-16-7-5-4-6-8-16)24-11-12-25(18(26)15-24)17-13-22-23(2)14-17;/h13-14,16H,3-12,15H2,1-2H3,(H,20,21);1H. The van der Waals surface area contributed by atoms with Gasteiger partial charge < -0.3 is 15.1 Å². The smallest absolute Gasteiger partial charge is 0.246 e. The number of hydrogen-bond acceptors (Lipinski definition) is 3. The van der Waals surface area contributed by atoms with Crippen LogP contribution in [-0.4, -0.2) is 59.3 Å². The number of anilines is 1. The Bertz CT molecular complexity index is 625. The fraction of sp³-hybridized carbons (Fsp3) is 0.737. The lowest BCUT2D eigenvalue weighted by Gasteiger charge is -2.35. The molecule has 0 bridgehead atoms. The summed E-state index contributed by atoms with van der Waals surface area (Å²) in [5.74, 6) is 1.81. The number of aryl methyl sites for hydroxylation is 1. The van der Waals surface area contributed by atoms with Crippen LogP contribution >= 0.6 is 24.0 Å². The minimum absolute atomic E-state index is 0. The van der Waals surface area contributed by atoms with E-state index in [2.05, 4.69) is 22.2 Å². The maximum absolute atomic E-state index is 12.6. The average Bonchev–Trinajstić information content (AvgIpc) is 3.08. The highest BCUT2D eigenvalue weighted by Crippen LogP contribution is 2.26. The number of carbonyl (C=O) groups excluding carboxylic acids is 1. The lowest BCUT2D eigenvalue weighted by atomic mass is 9.87. The van der Waals surface area contributed by atoms with Crippen molar-refractivity contribution < 1.29 is 4.79 Å². The van der Waals surface area contributed by atoms with Gasteiger partial charge in [-0.3, -0.25) is 14.5 Å². The number of aliphatic imine (C=N–C) groups is 1. The number of nitrogens with one attached hydrogen (secondary N) is 1. The fourth-order valence-electron chi connectivity index (χ4n) is 3.93. The molecule has 0 spiro atoms. The van der Waals surface area contributed by atoms with Gasteiger partial charge in [0.2, 0.25) is 5.91 Å². The molecule has 1 aromatic rings. The molecule has 152 valence electrons. The van der Waals surface area contributed by atoms with Crippen molar-refractivity contribution in [2.24, 2.45) is 18.0 Å². The second-order valence-electron chi connectivity index (χ2n) is 7.37. The summed E-state index contributed by atoms with van der Waals surface area (Å²) < 4.78 is 1.73. The van der Waals surface area contributed by atoms with Crippen LogP contribution in [0.2, 0.25) is 0 Å². The molecule has 1 saturated heterocycles. The van der Waals surface area contributed by atoms with Crippen LogP contribution in [0.25, 0.3) is 0 Å². The number of halogens is 1. The van der Waals surface area contributed by atoms with Gasteiger partial charge in [-0.25, -0.2) is 0 Å². The van der Waals surface area contributed by atoms with Crippen molar-refractivity contribution in [3.05, 3.63) is 12.4 Å². The zero-order chi connectivity index (χ0) is 18.4. The van der Waals surface area contributed by atoms with Gasteiger partial charge in [-0.05, 0) is 19.3 Å². The van der Waals surface area contributed by atoms with Crippen LogP contribution in [0, 0.1) is 5.92 Å². The van der Waals surface area contributed by atoms with Gasteiger partial charge in [0, 0.05) is 39.4 Å². The third kappa shape index (κ3) is 6.08. The third-order valence-corrected chi connectivity index (χ3v) is 5.38. The van der Waals surface area contributed by atoms with Crippen LogP contribution in [-0.2, 0) is 11.8 Å². The molecule has 8 heteroatoms. The van der Waals surface area contributed by atoms with Crippen LogP contribution in [0.15, 0.2) is 17.4 Å². The summed E-state index contributed by atoms with van der Waals surface area (Å²) in [6, 6.07) is 0. The van der Waals surface area contributed by atoms with Gasteiger partial charge in [-0.1, -0.05) is 32.1 Å². The summed E-state index contributed by atoms with van der Waals surface area (Å²) in [7, 11) is 1.87. The van der Waals surface area contributed by atoms with Crippen molar-refractivity contribution in [1.29, 1.82) is 0 Å². The molecule has 0 atom stereocenters. The normalized spacial score (nSPS) is 19.2. The molecule has 3 rings (SSSR count). The van der Waals surface area contributed by atoms with E-state index in [1.807, 2.05) is 18.1 Å². The first kappa shape index (κ1) is 22.0. The summed E-state index contributed by atoms with van der Waals surface area (Å²) in [4.78, 5) is 21.3. The van der Waals surface area contributed by atoms with E-state index in [4.69, 9.17) is 4.99 Å². The third-order valence-electron chi connectivity index (χ3n) is 5.38.